The molecule has 1 amide bonds. The number of ether oxygens (including phenoxy) is 1. The molecule has 1 aromatic carbocycles. The summed E-state index contributed by atoms with van der Waals surface area (Å²) < 4.78 is 5.58. The van der Waals surface area contributed by atoms with E-state index in [0.717, 1.165) is 5.75 Å². The zero-order valence-electron chi connectivity index (χ0n) is 11.1. The Morgan fingerprint density at radius 2 is 2.11 bits per heavy atom. The van der Waals surface area contributed by atoms with E-state index in [1.165, 1.54) is 5.56 Å². The first-order valence-corrected chi connectivity index (χ1v) is 6.53. The van der Waals surface area contributed by atoms with Crippen LogP contribution in [0.2, 0.25) is 0 Å². The lowest BCUT2D eigenvalue weighted by molar-refractivity contribution is -0.118. The van der Waals surface area contributed by atoms with E-state index in [1.807, 2.05) is 18.2 Å². The molecule has 100 valence electrons. The Morgan fingerprint density at radius 3 is 2.72 bits per heavy atom. The minimum absolute atomic E-state index is 0.0144. The maximum atomic E-state index is 10.9. The quantitative estimate of drug-likeness (QED) is 0.659. The average molecular weight is 270 g/mol. The van der Waals surface area contributed by atoms with Gasteiger partial charge in [-0.3, -0.25) is 4.79 Å². The van der Waals surface area contributed by atoms with Crippen molar-refractivity contribution in [3.63, 3.8) is 0 Å². The molecule has 0 atom stereocenters. The third kappa shape index (κ3) is 4.96. The lowest BCUT2D eigenvalue weighted by atomic mass is 9.87. The van der Waals surface area contributed by atoms with Gasteiger partial charge in [-0.1, -0.05) is 32.9 Å². The molecule has 1 N–H and O–H groups in total. The van der Waals surface area contributed by atoms with Crippen LogP contribution in [0.25, 0.3) is 0 Å². The van der Waals surface area contributed by atoms with Gasteiger partial charge in [-0.05, 0) is 23.1 Å². The van der Waals surface area contributed by atoms with Crippen molar-refractivity contribution in [2.45, 2.75) is 26.2 Å². The fourth-order valence-corrected chi connectivity index (χ4v) is 1.55. The molecule has 0 heterocycles. The van der Waals surface area contributed by atoms with Gasteiger partial charge in [-0.25, -0.2) is 0 Å². The molecule has 0 fully saturated rings. The number of alkyl halides is 1. The zero-order chi connectivity index (χ0) is 13.6. The number of hydrogen-bond acceptors (Lipinski definition) is 2. The fourth-order valence-electron chi connectivity index (χ4n) is 1.46. The van der Waals surface area contributed by atoms with Crippen molar-refractivity contribution in [3.8, 4) is 5.75 Å². The second kappa shape index (κ2) is 6.64. The van der Waals surface area contributed by atoms with E-state index in [9.17, 15) is 4.79 Å². The van der Waals surface area contributed by atoms with Gasteiger partial charge in [-0.2, -0.15) is 0 Å². The molecule has 4 heteroatoms. The Balaban J connectivity index is 2.46. The van der Waals surface area contributed by atoms with Gasteiger partial charge in [0.1, 0.15) is 18.2 Å². The maximum Gasteiger partial charge on any atom is 0.235 e. The number of amides is 1. The molecule has 0 saturated carbocycles. The summed E-state index contributed by atoms with van der Waals surface area (Å²) in [7, 11) is 0. The number of halogens is 1. The smallest absolute Gasteiger partial charge is 0.235 e. The van der Waals surface area contributed by atoms with Crippen molar-refractivity contribution in [3.05, 3.63) is 29.8 Å². The second-order valence-electron chi connectivity index (χ2n) is 5.11. The van der Waals surface area contributed by atoms with E-state index in [2.05, 4.69) is 32.2 Å². The van der Waals surface area contributed by atoms with Gasteiger partial charge in [0, 0.05) is 0 Å². The Labute approximate surface area is 113 Å². The van der Waals surface area contributed by atoms with Crippen molar-refractivity contribution < 1.29 is 9.53 Å². The molecule has 3 nitrogen and oxygen atoms in total. The minimum atomic E-state index is -0.177. The molecule has 18 heavy (non-hydrogen) atoms. The van der Waals surface area contributed by atoms with Gasteiger partial charge in [-0.15, -0.1) is 11.6 Å². The Bertz CT molecular complexity index is 399. The maximum absolute atomic E-state index is 10.9. The van der Waals surface area contributed by atoms with E-state index >= 15 is 0 Å². The van der Waals surface area contributed by atoms with Crippen LogP contribution in [0.1, 0.15) is 26.3 Å². The summed E-state index contributed by atoms with van der Waals surface area (Å²) in [5.41, 5.74) is 1.33. The first-order valence-electron chi connectivity index (χ1n) is 5.99. The van der Waals surface area contributed by atoms with Crippen LogP contribution in [0.5, 0.6) is 5.75 Å². The van der Waals surface area contributed by atoms with Crippen LogP contribution in [-0.4, -0.2) is 24.9 Å². The molecule has 0 aliphatic rings. The molecule has 0 unspecified atom stereocenters. The summed E-state index contributed by atoms with van der Waals surface area (Å²) in [5, 5.41) is 2.65. The summed E-state index contributed by atoms with van der Waals surface area (Å²) in [6.07, 6.45) is 0. The number of carbonyl (C=O) groups is 1. The Hall–Kier alpha value is -1.22. The van der Waals surface area contributed by atoms with Crippen molar-refractivity contribution in [2.24, 2.45) is 0 Å². The Morgan fingerprint density at radius 1 is 1.39 bits per heavy atom. The van der Waals surface area contributed by atoms with Gasteiger partial charge >= 0.3 is 0 Å². The van der Waals surface area contributed by atoms with Gasteiger partial charge in [0.2, 0.25) is 5.91 Å². The van der Waals surface area contributed by atoms with Gasteiger partial charge in [0.15, 0.2) is 0 Å². The van der Waals surface area contributed by atoms with Crippen molar-refractivity contribution >= 4 is 17.5 Å². The first-order chi connectivity index (χ1) is 8.43. The number of benzene rings is 1. The number of rotatable bonds is 5. The largest absolute Gasteiger partial charge is 0.492 e. The lowest BCUT2D eigenvalue weighted by Gasteiger charge is -2.19. The third-order valence-corrected chi connectivity index (χ3v) is 2.76. The van der Waals surface area contributed by atoms with Crippen molar-refractivity contribution in [1.29, 1.82) is 0 Å². The van der Waals surface area contributed by atoms with Crippen LogP contribution < -0.4 is 10.1 Å². The number of carbonyl (C=O) groups excluding carboxylic acids is 1. The summed E-state index contributed by atoms with van der Waals surface area (Å²) in [4.78, 5) is 10.9. The zero-order valence-corrected chi connectivity index (χ0v) is 11.9. The SMILES string of the molecule is CC(C)(C)c1cccc(OCCNC(=O)CCl)c1. The third-order valence-electron chi connectivity index (χ3n) is 2.51. The second-order valence-corrected chi connectivity index (χ2v) is 5.38. The summed E-state index contributed by atoms with van der Waals surface area (Å²) >= 11 is 5.37. The topological polar surface area (TPSA) is 38.3 Å². The average Bonchev–Trinajstić information content (AvgIpc) is 2.33. The standard InChI is InChI=1S/C14H20ClNO2/c1-14(2,3)11-5-4-6-12(9-11)18-8-7-16-13(17)10-15/h4-6,9H,7-8,10H2,1-3H3,(H,16,17). The number of nitrogens with one attached hydrogen (secondary N) is 1. The molecule has 1 rings (SSSR count). The summed E-state index contributed by atoms with van der Waals surface area (Å²) in [5.74, 6) is 0.630. The number of hydrogen-bond donors (Lipinski definition) is 1. The normalized spacial score (nSPS) is 11.1. The van der Waals surface area contributed by atoms with Crippen LogP contribution in [0.3, 0.4) is 0 Å². The minimum Gasteiger partial charge on any atom is -0.492 e. The van der Waals surface area contributed by atoms with Gasteiger partial charge in [0.05, 0.1) is 6.54 Å². The molecule has 0 saturated heterocycles. The van der Waals surface area contributed by atoms with Crippen LogP contribution in [0.4, 0.5) is 0 Å². The summed E-state index contributed by atoms with van der Waals surface area (Å²) in [6, 6.07) is 8.01. The molecule has 0 spiro atoms. The first kappa shape index (κ1) is 14.8. The van der Waals surface area contributed by atoms with E-state index in [1.54, 1.807) is 0 Å². The molecule has 0 aromatic heterocycles. The van der Waals surface area contributed by atoms with E-state index in [0.29, 0.717) is 13.2 Å². The molecular formula is C14H20ClNO2. The van der Waals surface area contributed by atoms with Gasteiger partial charge in [0.25, 0.3) is 0 Å². The predicted octanol–water partition coefficient (Wildman–Crippen LogP) is 2.72. The monoisotopic (exact) mass is 269 g/mol. The predicted molar refractivity (Wildman–Crippen MR) is 74.4 cm³/mol. The fraction of sp³-hybridized carbons (Fsp3) is 0.500. The van der Waals surface area contributed by atoms with Gasteiger partial charge < -0.3 is 10.1 Å². The van der Waals surface area contributed by atoms with Crippen LogP contribution in [-0.2, 0) is 10.2 Å². The van der Waals surface area contributed by atoms with Crippen molar-refractivity contribution in [2.75, 3.05) is 19.0 Å². The van der Waals surface area contributed by atoms with Crippen molar-refractivity contribution in [1.82, 2.24) is 5.32 Å². The highest BCUT2D eigenvalue weighted by Crippen LogP contribution is 2.25. The van der Waals surface area contributed by atoms with Crippen LogP contribution in [0, 0.1) is 0 Å². The molecule has 1 aromatic rings. The van der Waals surface area contributed by atoms with E-state index in [4.69, 9.17) is 16.3 Å². The van der Waals surface area contributed by atoms with Crippen LogP contribution in [0.15, 0.2) is 24.3 Å². The van der Waals surface area contributed by atoms with E-state index < -0.39 is 0 Å². The molecule has 0 bridgehead atoms. The molecule has 0 aliphatic heterocycles. The highest BCUT2D eigenvalue weighted by atomic mass is 35.5. The molecular weight excluding hydrogens is 250 g/mol. The highest BCUT2D eigenvalue weighted by Gasteiger charge is 2.13. The molecule has 0 radical (unpaired) electrons. The van der Waals surface area contributed by atoms with E-state index in [-0.39, 0.29) is 17.2 Å². The highest BCUT2D eigenvalue weighted by molar-refractivity contribution is 6.27. The van der Waals surface area contributed by atoms with Crippen LogP contribution >= 0.6 is 11.6 Å². The lowest BCUT2D eigenvalue weighted by Crippen LogP contribution is -2.28. The summed E-state index contributed by atoms with van der Waals surface area (Å²) in [6.45, 7) is 7.38. The molecule has 0 aliphatic carbocycles. The Kier molecular flexibility index (Phi) is 5.48.